The topological polar surface area (TPSA) is 61.4 Å². The molecule has 0 aromatic heterocycles. The van der Waals surface area contributed by atoms with Gasteiger partial charge in [0.1, 0.15) is 0 Å². The highest BCUT2D eigenvalue weighted by molar-refractivity contribution is 5.76. The van der Waals surface area contributed by atoms with Crippen LogP contribution in [0.2, 0.25) is 0 Å². The van der Waals surface area contributed by atoms with Crippen molar-refractivity contribution in [3.63, 3.8) is 0 Å². The maximum absolute atomic E-state index is 11.5. The second-order valence-corrected chi connectivity index (χ2v) is 4.77. The van der Waals surface area contributed by atoms with Crippen molar-refractivity contribution < 1.29 is 9.90 Å². The van der Waals surface area contributed by atoms with E-state index < -0.39 is 0 Å². The third-order valence-corrected chi connectivity index (χ3v) is 2.24. The van der Waals surface area contributed by atoms with E-state index in [9.17, 15) is 4.79 Å². The SMILES string of the molecule is CC(O)CC(C)NC(=O)CCCNC(C)C. The molecule has 0 aliphatic rings. The van der Waals surface area contributed by atoms with Gasteiger partial charge in [-0.1, -0.05) is 13.8 Å². The summed E-state index contributed by atoms with van der Waals surface area (Å²) in [4.78, 5) is 11.5. The first-order chi connectivity index (χ1) is 7.41. The molecule has 0 spiro atoms. The summed E-state index contributed by atoms with van der Waals surface area (Å²) in [7, 11) is 0. The predicted molar refractivity (Wildman–Crippen MR) is 66.3 cm³/mol. The van der Waals surface area contributed by atoms with Gasteiger partial charge in [-0.25, -0.2) is 0 Å². The zero-order chi connectivity index (χ0) is 12.6. The highest BCUT2D eigenvalue weighted by Gasteiger charge is 2.09. The number of nitrogens with one attached hydrogen (secondary N) is 2. The fourth-order valence-corrected chi connectivity index (χ4v) is 1.56. The molecule has 0 saturated heterocycles. The third kappa shape index (κ3) is 9.93. The molecule has 0 bridgehead atoms. The first kappa shape index (κ1) is 15.4. The van der Waals surface area contributed by atoms with E-state index in [1.54, 1.807) is 6.92 Å². The van der Waals surface area contributed by atoms with E-state index in [1.807, 2.05) is 6.92 Å². The largest absolute Gasteiger partial charge is 0.393 e. The highest BCUT2D eigenvalue weighted by atomic mass is 16.3. The standard InChI is InChI=1S/C12H26N2O2/c1-9(2)13-7-5-6-12(16)14-10(3)8-11(4)15/h9-11,13,15H,5-8H2,1-4H3,(H,14,16). The first-order valence-corrected chi connectivity index (χ1v) is 6.12. The number of carbonyl (C=O) groups is 1. The molecule has 0 aromatic carbocycles. The van der Waals surface area contributed by atoms with Gasteiger partial charge in [0.25, 0.3) is 0 Å². The van der Waals surface area contributed by atoms with E-state index in [1.165, 1.54) is 0 Å². The molecule has 4 nitrogen and oxygen atoms in total. The molecule has 0 saturated carbocycles. The lowest BCUT2D eigenvalue weighted by atomic mass is 10.1. The highest BCUT2D eigenvalue weighted by Crippen LogP contribution is 1.98. The molecule has 16 heavy (non-hydrogen) atoms. The number of rotatable bonds is 8. The summed E-state index contributed by atoms with van der Waals surface area (Å²) in [6, 6.07) is 0.516. The van der Waals surface area contributed by atoms with Crippen LogP contribution in [0.5, 0.6) is 0 Å². The van der Waals surface area contributed by atoms with Gasteiger partial charge in [-0.05, 0) is 33.2 Å². The Morgan fingerprint density at radius 1 is 1.25 bits per heavy atom. The van der Waals surface area contributed by atoms with Gasteiger partial charge >= 0.3 is 0 Å². The monoisotopic (exact) mass is 230 g/mol. The van der Waals surface area contributed by atoms with E-state index >= 15 is 0 Å². The van der Waals surface area contributed by atoms with Crippen LogP contribution in [-0.2, 0) is 4.79 Å². The van der Waals surface area contributed by atoms with Crippen LogP contribution >= 0.6 is 0 Å². The molecule has 2 unspecified atom stereocenters. The van der Waals surface area contributed by atoms with E-state index in [0.717, 1.165) is 13.0 Å². The smallest absolute Gasteiger partial charge is 0.220 e. The molecule has 3 N–H and O–H groups in total. The van der Waals surface area contributed by atoms with Crippen LogP contribution in [0, 0.1) is 0 Å². The average Bonchev–Trinajstić information content (AvgIpc) is 2.10. The number of aliphatic hydroxyl groups is 1. The van der Waals surface area contributed by atoms with Crippen molar-refractivity contribution in [2.45, 2.75) is 65.1 Å². The van der Waals surface area contributed by atoms with Crippen LogP contribution in [0.4, 0.5) is 0 Å². The average molecular weight is 230 g/mol. The predicted octanol–water partition coefficient (Wildman–Crippen LogP) is 1.04. The van der Waals surface area contributed by atoms with Crippen molar-refractivity contribution in [3.05, 3.63) is 0 Å². The van der Waals surface area contributed by atoms with Crippen molar-refractivity contribution >= 4 is 5.91 Å². The quantitative estimate of drug-likeness (QED) is 0.546. The molecular weight excluding hydrogens is 204 g/mol. The first-order valence-electron chi connectivity index (χ1n) is 6.12. The minimum atomic E-state index is -0.363. The van der Waals surface area contributed by atoms with E-state index in [4.69, 9.17) is 5.11 Å². The lowest BCUT2D eigenvalue weighted by Gasteiger charge is -2.15. The molecule has 0 aromatic rings. The summed E-state index contributed by atoms with van der Waals surface area (Å²) in [5, 5.41) is 15.3. The Balaban J connectivity index is 3.51. The Morgan fingerprint density at radius 3 is 2.38 bits per heavy atom. The lowest BCUT2D eigenvalue weighted by Crippen LogP contribution is -2.35. The van der Waals surface area contributed by atoms with E-state index in [0.29, 0.717) is 18.9 Å². The van der Waals surface area contributed by atoms with Gasteiger partial charge in [0.2, 0.25) is 5.91 Å². The fraction of sp³-hybridized carbons (Fsp3) is 0.917. The van der Waals surface area contributed by atoms with Crippen LogP contribution in [0.3, 0.4) is 0 Å². The van der Waals surface area contributed by atoms with Gasteiger partial charge in [0.05, 0.1) is 6.10 Å². The molecule has 0 fully saturated rings. The normalized spacial score (nSPS) is 14.9. The van der Waals surface area contributed by atoms with Crippen LogP contribution in [0.15, 0.2) is 0 Å². The molecule has 0 heterocycles. The molecule has 4 heteroatoms. The molecule has 0 rings (SSSR count). The second-order valence-electron chi connectivity index (χ2n) is 4.77. The van der Waals surface area contributed by atoms with Crippen LogP contribution in [0.1, 0.15) is 47.0 Å². The molecular formula is C12H26N2O2. The van der Waals surface area contributed by atoms with Crippen LogP contribution in [0.25, 0.3) is 0 Å². The number of carbonyl (C=O) groups excluding carboxylic acids is 1. The minimum absolute atomic E-state index is 0.0468. The molecule has 1 amide bonds. The molecule has 0 aliphatic heterocycles. The molecule has 2 atom stereocenters. The van der Waals surface area contributed by atoms with E-state index in [2.05, 4.69) is 24.5 Å². The van der Waals surface area contributed by atoms with Crippen molar-refractivity contribution in [3.8, 4) is 0 Å². The van der Waals surface area contributed by atoms with Gasteiger partial charge in [0.15, 0.2) is 0 Å². The minimum Gasteiger partial charge on any atom is -0.393 e. The lowest BCUT2D eigenvalue weighted by molar-refractivity contribution is -0.121. The summed E-state index contributed by atoms with van der Waals surface area (Å²) in [5.74, 6) is 0.0682. The van der Waals surface area contributed by atoms with Crippen molar-refractivity contribution in [2.75, 3.05) is 6.54 Å². The summed E-state index contributed by atoms with van der Waals surface area (Å²) in [5.41, 5.74) is 0. The number of hydrogen-bond acceptors (Lipinski definition) is 3. The van der Waals surface area contributed by atoms with Crippen LogP contribution in [-0.4, -0.2) is 35.7 Å². The fourth-order valence-electron chi connectivity index (χ4n) is 1.56. The van der Waals surface area contributed by atoms with Gasteiger partial charge < -0.3 is 15.7 Å². The zero-order valence-corrected chi connectivity index (χ0v) is 10.9. The van der Waals surface area contributed by atoms with Crippen molar-refractivity contribution in [1.29, 1.82) is 0 Å². The maximum atomic E-state index is 11.5. The summed E-state index contributed by atoms with van der Waals surface area (Å²) in [6.45, 7) is 8.69. The Bertz CT molecular complexity index is 193. The number of amides is 1. The van der Waals surface area contributed by atoms with Crippen molar-refractivity contribution in [1.82, 2.24) is 10.6 Å². The zero-order valence-electron chi connectivity index (χ0n) is 10.9. The summed E-state index contributed by atoms with van der Waals surface area (Å²) in [6.07, 6.45) is 1.64. The molecule has 0 aliphatic carbocycles. The van der Waals surface area contributed by atoms with Gasteiger partial charge in [-0.15, -0.1) is 0 Å². The van der Waals surface area contributed by atoms with Gasteiger partial charge in [-0.2, -0.15) is 0 Å². The van der Waals surface area contributed by atoms with Gasteiger partial charge in [-0.3, -0.25) is 4.79 Å². The third-order valence-electron chi connectivity index (χ3n) is 2.24. The Hall–Kier alpha value is -0.610. The van der Waals surface area contributed by atoms with E-state index in [-0.39, 0.29) is 18.1 Å². The van der Waals surface area contributed by atoms with Crippen LogP contribution < -0.4 is 10.6 Å². The summed E-state index contributed by atoms with van der Waals surface area (Å²) < 4.78 is 0. The summed E-state index contributed by atoms with van der Waals surface area (Å²) >= 11 is 0. The maximum Gasteiger partial charge on any atom is 0.220 e. The Labute approximate surface area is 98.8 Å². The molecule has 0 radical (unpaired) electrons. The number of hydrogen-bond donors (Lipinski definition) is 3. The Kier molecular flexibility index (Phi) is 8.21. The van der Waals surface area contributed by atoms with Crippen molar-refractivity contribution in [2.24, 2.45) is 0 Å². The Morgan fingerprint density at radius 2 is 1.88 bits per heavy atom. The van der Waals surface area contributed by atoms with Gasteiger partial charge in [0, 0.05) is 18.5 Å². The second kappa shape index (κ2) is 8.53. The molecule has 96 valence electrons. The number of aliphatic hydroxyl groups excluding tert-OH is 1.